The molecule has 0 atom stereocenters. The number of nitrogens with one attached hydrogen (secondary N) is 2. The van der Waals surface area contributed by atoms with E-state index in [0.717, 1.165) is 50.6 Å². The minimum Gasteiger partial charge on any atom is -0.370 e. The fraction of sp³-hybridized carbons (Fsp3) is 0.519. The number of hydrogen-bond donors (Lipinski definition) is 2. The number of rotatable bonds is 9. The van der Waals surface area contributed by atoms with Crippen LogP contribution in [0.2, 0.25) is 0 Å². The number of unbranched alkanes of at least 4 members (excludes halogenated alkanes) is 1. The lowest BCUT2D eigenvalue weighted by molar-refractivity contribution is 0.101. The first-order chi connectivity index (χ1) is 16.5. The number of nitrogens with zero attached hydrogens (tertiary/aromatic N) is 3. The van der Waals surface area contributed by atoms with Gasteiger partial charge in [-0.1, -0.05) is 38.8 Å². The van der Waals surface area contributed by atoms with Crippen LogP contribution in [0.1, 0.15) is 73.7 Å². The number of benzene rings is 1. The molecule has 0 aliphatic carbocycles. The van der Waals surface area contributed by atoms with Gasteiger partial charge < -0.3 is 20.4 Å². The van der Waals surface area contributed by atoms with Crippen LogP contribution < -0.4 is 15.5 Å². The third-order valence-corrected chi connectivity index (χ3v) is 7.20. The summed E-state index contributed by atoms with van der Waals surface area (Å²) < 4.78 is 0. The molecule has 1 amide bonds. The lowest BCUT2D eigenvalue weighted by Crippen LogP contribution is -2.35. The van der Waals surface area contributed by atoms with Crippen molar-refractivity contribution in [3.63, 3.8) is 0 Å². The molecule has 1 fully saturated rings. The summed E-state index contributed by atoms with van der Waals surface area (Å²) in [5.41, 5.74) is 3.14. The van der Waals surface area contributed by atoms with Crippen LogP contribution >= 0.6 is 0 Å². The SMILES string of the molecule is CCN(CC)CCCCC1CCN(c2cc3c(nc2C(C)=O)Nc2ccccc2C(=O)N3)CC1. The lowest BCUT2D eigenvalue weighted by atomic mass is 9.91. The maximum absolute atomic E-state index is 12.8. The predicted molar refractivity (Wildman–Crippen MR) is 138 cm³/mol. The first-order valence-corrected chi connectivity index (χ1v) is 12.7. The molecule has 2 aromatic rings. The highest BCUT2D eigenvalue weighted by atomic mass is 16.1. The Hall–Kier alpha value is -2.93. The molecule has 4 rings (SSSR count). The van der Waals surface area contributed by atoms with Gasteiger partial charge in [-0.15, -0.1) is 0 Å². The van der Waals surface area contributed by atoms with E-state index in [-0.39, 0.29) is 11.7 Å². The van der Waals surface area contributed by atoms with E-state index < -0.39 is 0 Å². The van der Waals surface area contributed by atoms with E-state index in [1.165, 1.54) is 25.8 Å². The second kappa shape index (κ2) is 11.0. The number of pyridine rings is 1. The maximum Gasteiger partial charge on any atom is 0.257 e. The van der Waals surface area contributed by atoms with Crippen LogP contribution in [-0.4, -0.2) is 54.3 Å². The fourth-order valence-electron chi connectivity index (χ4n) is 5.07. The number of fused-ring (bicyclic) bond motifs is 2. The smallest absolute Gasteiger partial charge is 0.257 e. The van der Waals surface area contributed by atoms with Crippen molar-refractivity contribution in [3.05, 3.63) is 41.6 Å². The Morgan fingerprint density at radius 1 is 1.09 bits per heavy atom. The van der Waals surface area contributed by atoms with Gasteiger partial charge in [0.05, 0.1) is 22.6 Å². The van der Waals surface area contributed by atoms with E-state index in [2.05, 4.69) is 39.3 Å². The number of Topliss-reactive ketones (excluding diaryl/α,β-unsaturated/α-hetero) is 1. The summed E-state index contributed by atoms with van der Waals surface area (Å²) in [4.78, 5) is 34.7. The van der Waals surface area contributed by atoms with Crippen LogP contribution in [0.25, 0.3) is 0 Å². The van der Waals surface area contributed by atoms with Crippen LogP contribution in [-0.2, 0) is 0 Å². The first kappa shape index (κ1) is 24.2. The van der Waals surface area contributed by atoms with Gasteiger partial charge in [-0.3, -0.25) is 9.59 Å². The highest BCUT2D eigenvalue weighted by Crippen LogP contribution is 2.36. The molecule has 0 bridgehead atoms. The van der Waals surface area contributed by atoms with Crippen molar-refractivity contribution in [2.75, 3.05) is 48.3 Å². The molecule has 2 aliphatic heterocycles. The van der Waals surface area contributed by atoms with Crippen molar-refractivity contribution >= 4 is 34.6 Å². The van der Waals surface area contributed by atoms with Gasteiger partial charge in [0.1, 0.15) is 5.69 Å². The number of carbonyl (C=O) groups excluding carboxylic acids is 2. The molecule has 0 radical (unpaired) electrons. The monoisotopic (exact) mass is 463 g/mol. The van der Waals surface area contributed by atoms with Crippen LogP contribution in [0.5, 0.6) is 0 Å². The standard InChI is InChI=1S/C27H37N5O2/c1-4-31(5-2)15-9-8-10-20-13-16-32(17-14-20)24-18-23-26(30-25(24)19(3)33)28-22-12-7-6-11-21(22)27(34)29-23/h6-7,11-12,18,20H,4-5,8-10,13-17H2,1-3H3,(H,28,30)(H,29,34). The average molecular weight is 464 g/mol. The molecule has 1 saturated heterocycles. The Morgan fingerprint density at radius 2 is 1.82 bits per heavy atom. The van der Waals surface area contributed by atoms with Crippen LogP contribution in [0.15, 0.2) is 30.3 Å². The zero-order valence-electron chi connectivity index (χ0n) is 20.7. The molecule has 2 N–H and O–H groups in total. The third kappa shape index (κ3) is 5.41. The summed E-state index contributed by atoms with van der Waals surface area (Å²) in [6, 6.07) is 9.26. The van der Waals surface area contributed by atoms with Gasteiger partial charge in [-0.05, 0) is 63.0 Å². The highest BCUT2D eigenvalue weighted by Gasteiger charge is 2.27. The number of aromatic nitrogens is 1. The third-order valence-electron chi connectivity index (χ3n) is 7.20. The topological polar surface area (TPSA) is 77.6 Å². The summed E-state index contributed by atoms with van der Waals surface area (Å²) in [5.74, 6) is 1.00. The van der Waals surface area contributed by atoms with E-state index in [0.29, 0.717) is 28.5 Å². The van der Waals surface area contributed by atoms with Gasteiger partial charge >= 0.3 is 0 Å². The minimum absolute atomic E-state index is 0.0676. The van der Waals surface area contributed by atoms with Gasteiger partial charge in [0, 0.05) is 20.0 Å². The van der Waals surface area contributed by atoms with Crippen molar-refractivity contribution in [2.45, 2.75) is 52.9 Å². The van der Waals surface area contributed by atoms with E-state index >= 15 is 0 Å². The summed E-state index contributed by atoms with van der Waals surface area (Å²) >= 11 is 0. The van der Waals surface area contributed by atoms with E-state index in [4.69, 9.17) is 0 Å². The van der Waals surface area contributed by atoms with Gasteiger partial charge in [0.25, 0.3) is 5.91 Å². The Morgan fingerprint density at radius 3 is 2.53 bits per heavy atom. The van der Waals surface area contributed by atoms with E-state index in [9.17, 15) is 9.59 Å². The summed E-state index contributed by atoms with van der Waals surface area (Å²) in [6.07, 6.45) is 6.06. The van der Waals surface area contributed by atoms with E-state index in [1.807, 2.05) is 24.3 Å². The molecule has 1 aromatic carbocycles. The predicted octanol–water partition coefficient (Wildman–Crippen LogP) is 5.32. The fourth-order valence-corrected chi connectivity index (χ4v) is 5.07. The summed E-state index contributed by atoms with van der Waals surface area (Å²) in [6.45, 7) is 11.3. The normalized spacial score (nSPS) is 15.9. The van der Waals surface area contributed by atoms with Crippen molar-refractivity contribution in [3.8, 4) is 0 Å². The van der Waals surface area contributed by atoms with Gasteiger partial charge in [-0.25, -0.2) is 4.98 Å². The second-order valence-corrected chi connectivity index (χ2v) is 9.39. The van der Waals surface area contributed by atoms with Crippen LogP contribution in [0.3, 0.4) is 0 Å². The average Bonchev–Trinajstić information content (AvgIpc) is 2.99. The van der Waals surface area contributed by atoms with Crippen LogP contribution in [0.4, 0.5) is 22.9 Å². The van der Waals surface area contributed by atoms with Crippen molar-refractivity contribution < 1.29 is 9.59 Å². The molecular weight excluding hydrogens is 426 g/mol. The molecule has 182 valence electrons. The summed E-state index contributed by atoms with van der Waals surface area (Å²) in [5, 5.41) is 6.22. The molecule has 2 aliphatic rings. The number of para-hydroxylation sites is 1. The second-order valence-electron chi connectivity index (χ2n) is 9.39. The largest absolute Gasteiger partial charge is 0.370 e. The number of anilines is 4. The Labute approximate surface area is 202 Å². The van der Waals surface area contributed by atoms with Gasteiger partial charge in [-0.2, -0.15) is 0 Å². The van der Waals surface area contributed by atoms with Crippen molar-refractivity contribution in [2.24, 2.45) is 5.92 Å². The summed E-state index contributed by atoms with van der Waals surface area (Å²) in [7, 11) is 0. The van der Waals surface area contributed by atoms with Crippen LogP contribution in [0, 0.1) is 5.92 Å². The molecule has 7 heteroatoms. The number of ketones is 1. The molecular formula is C27H37N5O2. The molecule has 34 heavy (non-hydrogen) atoms. The highest BCUT2D eigenvalue weighted by molar-refractivity contribution is 6.12. The zero-order valence-corrected chi connectivity index (χ0v) is 20.7. The molecule has 7 nitrogen and oxygen atoms in total. The molecule has 0 saturated carbocycles. The Kier molecular flexibility index (Phi) is 7.83. The Balaban J connectivity index is 1.43. The van der Waals surface area contributed by atoms with Gasteiger partial charge in [0.15, 0.2) is 11.6 Å². The zero-order chi connectivity index (χ0) is 24.1. The number of carbonyl (C=O) groups is 2. The number of piperidine rings is 1. The first-order valence-electron chi connectivity index (χ1n) is 12.7. The molecule has 0 spiro atoms. The maximum atomic E-state index is 12.8. The lowest BCUT2D eigenvalue weighted by Gasteiger charge is -2.34. The van der Waals surface area contributed by atoms with Crippen molar-refractivity contribution in [1.82, 2.24) is 9.88 Å². The quantitative estimate of drug-likeness (QED) is 0.387. The number of amides is 1. The van der Waals surface area contributed by atoms with Crippen molar-refractivity contribution in [1.29, 1.82) is 0 Å². The van der Waals surface area contributed by atoms with E-state index in [1.54, 1.807) is 13.0 Å². The van der Waals surface area contributed by atoms with Gasteiger partial charge in [0.2, 0.25) is 0 Å². The number of hydrogen-bond acceptors (Lipinski definition) is 6. The Bertz CT molecular complexity index is 1030. The molecule has 1 aromatic heterocycles. The molecule has 3 heterocycles. The molecule has 0 unspecified atom stereocenters. The minimum atomic E-state index is -0.173.